The van der Waals surface area contributed by atoms with E-state index < -0.39 is 0 Å². The van der Waals surface area contributed by atoms with Crippen LogP contribution in [-0.2, 0) is 14.3 Å². The first kappa shape index (κ1) is 17.4. The second-order valence-corrected chi connectivity index (χ2v) is 6.35. The summed E-state index contributed by atoms with van der Waals surface area (Å²) in [6.45, 7) is 0.886. The van der Waals surface area contributed by atoms with E-state index in [-0.39, 0.29) is 30.6 Å². The highest BCUT2D eigenvalue weighted by molar-refractivity contribution is 5.98. The summed E-state index contributed by atoms with van der Waals surface area (Å²) >= 11 is 0. The second-order valence-electron chi connectivity index (χ2n) is 6.35. The van der Waals surface area contributed by atoms with Crippen LogP contribution in [0.3, 0.4) is 0 Å². The number of hydrogen-bond acceptors (Lipinski definition) is 4. The normalized spacial score (nSPS) is 20.4. The van der Waals surface area contributed by atoms with Crippen LogP contribution in [0.25, 0.3) is 10.9 Å². The molecule has 7 heteroatoms. The van der Waals surface area contributed by atoms with Crippen molar-refractivity contribution in [3.63, 3.8) is 0 Å². The summed E-state index contributed by atoms with van der Waals surface area (Å²) < 4.78 is 11.1. The zero-order chi connectivity index (χ0) is 17.8. The maximum absolute atomic E-state index is 12.6. The number of rotatable bonds is 5. The van der Waals surface area contributed by atoms with Crippen LogP contribution >= 0.6 is 0 Å². The number of nitrogens with one attached hydrogen (secondary N) is 2. The Bertz CT molecular complexity index is 723. The van der Waals surface area contributed by atoms with Crippen molar-refractivity contribution in [3.05, 3.63) is 36.0 Å². The van der Waals surface area contributed by atoms with E-state index in [0.717, 1.165) is 10.9 Å². The van der Waals surface area contributed by atoms with Crippen LogP contribution < -0.4 is 5.32 Å². The van der Waals surface area contributed by atoms with Crippen molar-refractivity contribution in [3.8, 4) is 0 Å². The summed E-state index contributed by atoms with van der Waals surface area (Å²) in [6, 6.07) is 9.37. The molecule has 1 aromatic heterocycles. The Morgan fingerprint density at radius 3 is 2.92 bits per heavy atom. The summed E-state index contributed by atoms with van der Waals surface area (Å²) in [5, 5.41) is 3.99. The van der Waals surface area contributed by atoms with Gasteiger partial charge in [-0.2, -0.15) is 0 Å². The third-order valence-corrected chi connectivity index (χ3v) is 4.31. The first-order valence-corrected chi connectivity index (χ1v) is 8.32. The lowest BCUT2D eigenvalue weighted by atomic mass is 10.1. The summed E-state index contributed by atoms with van der Waals surface area (Å²) in [5.41, 5.74) is 1.43. The smallest absolute Gasteiger partial charge is 0.268 e. The second kappa shape index (κ2) is 7.67. The third kappa shape index (κ3) is 4.18. The van der Waals surface area contributed by atoms with E-state index in [0.29, 0.717) is 25.3 Å². The predicted octanol–water partition coefficient (Wildman–Crippen LogP) is 1.16. The number of nitrogens with zero attached hydrogens (tertiary/aromatic N) is 1. The Labute approximate surface area is 146 Å². The van der Waals surface area contributed by atoms with Crippen molar-refractivity contribution in [1.29, 1.82) is 0 Å². The number of amides is 2. The fourth-order valence-electron chi connectivity index (χ4n) is 2.79. The van der Waals surface area contributed by atoms with E-state index >= 15 is 0 Å². The van der Waals surface area contributed by atoms with Gasteiger partial charge in [-0.3, -0.25) is 9.59 Å². The minimum Gasteiger partial charge on any atom is -0.379 e. The van der Waals surface area contributed by atoms with Crippen molar-refractivity contribution in [2.24, 2.45) is 0 Å². The van der Waals surface area contributed by atoms with Crippen molar-refractivity contribution in [1.82, 2.24) is 15.2 Å². The van der Waals surface area contributed by atoms with E-state index in [9.17, 15) is 9.59 Å². The molecule has 0 aliphatic carbocycles. The number of ether oxygens (including phenoxy) is 2. The lowest BCUT2D eigenvalue weighted by Gasteiger charge is -2.32. The first-order chi connectivity index (χ1) is 12.0. The average Bonchev–Trinajstić information content (AvgIpc) is 3.05. The Balaban J connectivity index is 1.64. The van der Waals surface area contributed by atoms with Gasteiger partial charge < -0.3 is 24.7 Å². The van der Waals surface area contributed by atoms with Crippen LogP contribution in [0.4, 0.5) is 0 Å². The van der Waals surface area contributed by atoms with Gasteiger partial charge in [0.1, 0.15) is 18.4 Å². The number of aromatic amines is 1. The first-order valence-electron chi connectivity index (χ1n) is 8.32. The van der Waals surface area contributed by atoms with Crippen LogP contribution in [0.1, 0.15) is 16.9 Å². The van der Waals surface area contributed by atoms with E-state index in [1.165, 1.54) is 4.90 Å². The molecule has 2 aromatic rings. The van der Waals surface area contributed by atoms with E-state index in [4.69, 9.17) is 9.47 Å². The fraction of sp³-hybridized carbons (Fsp3) is 0.444. The molecule has 2 amide bonds. The molecule has 3 rings (SSSR count). The van der Waals surface area contributed by atoms with Gasteiger partial charge in [0.05, 0.1) is 12.6 Å². The number of hydrogen-bond donors (Lipinski definition) is 2. The van der Waals surface area contributed by atoms with Crippen LogP contribution in [0, 0.1) is 0 Å². The molecule has 0 unspecified atom stereocenters. The van der Waals surface area contributed by atoms with Gasteiger partial charge in [0, 0.05) is 31.6 Å². The highest BCUT2D eigenvalue weighted by atomic mass is 16.5. The molecule has 25 heavy (non-hydrogen) atoms. The molecule has 2 N–H and O–H groups in total. The molecule has 134 valence electrons. The van der Waals surface area contributed by atoms with E-state index in [1.807, 2.05) is 30.3 Å². The SMILES string of the molecule is CN(C)C(=O)CO[C@@H]1COCC[C@H]1NC(=O)c1cc2ccccc2[nH]1. The average molecular weight is 345 g/mol. The zero-order valence-corrected chi connectivity index (χ0v) is 14.5. The largest absolute Gasteiger partial charge is 0.379 e. The Morgan fingerprint density at radius 2 is 2.16 bits per heavy atom. The molecular weight excluding hydrogens is 322 g/mol. The molecular formula is C18H23N3O4. The lowest BCUT2D eigenvalue weighted by molar-refractivity contribution is -0.140. The molecule has 0 saturated carbocycles. The quantitative estimate of drug-likeness (QED) is 0.852. The van der Waals surface area contributed by atoms with Gasteiger partial charge in [0.2, 0.25) is 5.91 Å². The molecule has 1 fully saturated rings. The highest BCUT2D eigenvalue weighted by Gasteiger charge is 2.29. The van der Waals surface area contributed by atoms with Crippen LogP contribution in [-0.4, -0.2) is 67.8 Å². The zero-order valence-electron chi connectivity index (χ0n) is 14.5. The highest BCUT2D eigenvalue weighted by Crippen LogP contribution is 2.16. The number of H-pyrrole nitrogens is 1. The fourth-order valence-corrected chi connectivity index (χ4v) is 2.79. The Kier molecular flexibility index (Phi) is 5.35. The number of carbonyl (C=O) groups excluding carboxylic acids is 2. The topological polar surface area (TPSA) is 83.7 Å². The minimum absolute atomic E-state index is 0.0280. The maximum Gasteiger partial charge on any atom is 0.268 e. The molecule has 2 atom stereocenters. The van der Waals surface area contributed by atoms with Gasteiger partial charge in [0.15, 0.2) is 0 Å². The van der Waals surface area contributed by atoms with Gasteiger partial charge in [-0.15, -0.1) is 0 Å². The summed E-state index contributed by atoms with van der Waals surface area (Å²) in [4.78, 5) is 28.9. The summed E-state index contributed by atoms with van der Waals surface area (Å²) in [5.74, 6) is -0.304. The van der Waals surface area contributed by atoms with Gasteiger partial charge in [-0.1, -0.05) is 18.2 Å². The molecule has 7 nitrogen and oxygen atoms in total. The lowest BCUT2D eigenvalue weighted by Crippen LogP contribution is -2.50. The number of fused-ring (bicyclic) bond motifs is 1. The molecule has 0 radical (unpaired) electrons. The van der Waals surface area contributed by atoms with Crippen molar-refractivity contribution in [2.75, 3.05) is 33.9 Å². The van der Waals surface area contributed by atoms with Gasteiger partial charge >= 0.3 is 0 Å². The number of likely N-dealkylation sites (N-methyl/N-ethyl adjacent to an activating group) is 1. The number of aromatic nitrogens is 1. The van der Waals surface area contributed by atoms with E-state index in [2.05, 4.69) is 10.3 Å². The van der Waals surface area contributed by atoms with Gasteiger partial charge in [-0.25, -0.2) is 0 Å². The van der Waals surface area contributed by atoms with Gasteiger partial charge in [0.25, 0.3) is 5.91 Å². The van der Waals surface area contributed by atoms with Crippen molar-refractivity contribution in [2.45, 2.75) is 18.6 Å². The monoisotopic (exact) mass is 345 g/mol. The van der Waals surface area contributed by atoms with Crippen LogP contribution in [0.2, 0.25) is 0 Å². The minimum atomic E-state index is -0.342. The van der Waals surface area contributed by atoms with Crippen LogP contribution in [0.5, 0.6) is 0 Å². The third-order valence-electron chi connectivity index (χ3n) is 4.31. The molecule has 1 aliphatic heterocycles. The molecule has 1 saturated heterocycles. The number of para-hydroxylation sites is 1. The Morgan fingerprint density at radius 1 is 1.36 bits per heavy atom. The predicted molar refractivity (Wildman–Crippen MR) is 93.4 cm³/mol. The molecule has 2 heterocycles. The summed E-state index contributed by atoms with van der Waals surface area (Å²) in [7, 11) is 3.36. The van der Waals surface area contributed by atoms with Crippen LogP contribution in [0.15, 0.2) is 30.3 Å². The molecule has 0 bridgehead atoms. The van der Waals surface area contributed by atoms with E-state index in [1.54, 1.807) is 14.1 Å². The molecule has 1 aliphatic rings. The molecule has 1 aromatic carbocycles. The summed E-state index contributed by atoms with van der Waals surface area (Å²) in [6.07, 6.45) is 0.304. The van der Waals surface area contributed by atoms with Crippen molar-refractivity contribution >= 4 is 22.7 Å². The van der Waals surface area contributed by atoms with Gasteiger partial charge in [-0.05, 0) is 18.6 Å². The van der Waals surface area contributed by atoms with Crippen molar-refractivity contribution < 1.29 is 19.1 Å². The maximum atomic E-state index is 12.6. The Hall–Kier alpha value is -2.38. The molecule has 0 spiro atoms. The standard InChI is InChI=1S/C18H23N3O4/c1-21(2)17(22)11-25-16-10-24-8-7-14(16)20-18(23)15-9-12-5-3-4-6-13(12)19-15/h3-6,9,14,16,19H,7-8,10-11H2,1-2H3,(H,20,23)/t14-,16-/m1/s1. The number of benzene rings is 1. The number of carbonyl (C=O) groups is 2.